The number of benzene rings is 2. The van der Waals surface area contributed by atoms with Crippen LogP contribution in [-0.2, 0) is 13.6 Å². The highest BCUT2D eigenvalue weighted by atomic mass is 19.1. The third-order valence-electron chi connectivity index (χ3n) is 3.64. The van der Waals surface area contributed by atoms with Gasteiger partial charge >= 0.3 is 0 Å². The summed E-state index contributed by atoms with van der Waals surface area (Å²) in [6.45, 7) is -0.00269. The van der Waals surface area contributed by atoms with E-state index in [1.165, 1.54) is 24.3 Å². The van der Waals surface area contributed by atoms with Crippen LogP contribution in [0.1, 0.15) is 5.56 Å². The van der Waals surface area contributed by atoms with Gasteiger partial charge in [0.25, 0.3) is 0 Å². The van der Waals surface area contributed by atoms with E-state index < -0.39 is 17.5 Å². The van der Waals surface area contributed by atoms with E-state index in [1.807, 2.05) is 0 Å². The first kappa shape index (κ1) is 14.4. The van der Waals surface area contributed by atoms with Crippen LogP contribution >= 0.6 is 0 Å². The van der Waals surface area contributed by atoms with E-state index in [4.69, 9.17) is 0 Å². The highest BCUT2D eigenvalue weighted by Crippen LogP contribution is 2.24. The molecule has 0 N–H and O–H groups in total. The van der Waals surface area contributed by atoms with Gasteiger partial charge in [-0.25, -0.2) is 18.2 Å². The number of aromatic nitrogens is 2. The van der Waals surface area contributed by atoms with Crippen LogP contribution < -0.4 is 4.90 Å². The molecule has 114 valence electrons. The lowest BCUT2D eigenvalue weighted by Gasteiger charge is -2.19. The van der Waals surface area contributed by atoms with E-state index in [0.29, 0.717) is 11.5 Å². The van der Waals surface area contributed by atoms with Crippen LogP contribution in [0.2, 0.25) is 0 Å². The number of imidazole rings is 1. The third-order valence-corrected chi connectivity index (χ3v) is 3.64. The topological polar surface area (TPSA) is 21.1 Å². The summed E-state index contributed by atoms with van der Waals surface area (Å²) < 4.78 is 43.0. The second-order valence-corrected chi connectivity index (χ2v) is 5.13. The predicted molar refractivity (Wildman–Crippen MR) is 79.1 cm³/mol. The zero-order chi connectivity index (χ0) is 15.9. The molecule has 2 aromatic carbocycles. The van der Waals surface area contributed by atoms with E-state index in [0.717, 1.165) is 0 Å². The van der Waals surface area contributed by atoms with Crippen molar-refractivity contribution in [1.82, 2.24) is 9.55 Å². The summed E-state index contributed by atoms with van der Waals surface area (Å²) in [5.41, 5.74) is 0.814. The van der Waals surface area contributed by atoms with Crippen molar-refractivity contribution in [1.29, 1.82) is 0 Å². The first-order chi connectivity index (χ1) is 10.5. The van der Waals surface area contributed by atoms with Gasteiger partial charge < -0.3 is 9.47 Å². The average Bonchev–Trinajstić information content (AvgIpc) is 2.82. The minimum atomic E-state index is -0.614. The van der Waals surface area contributed by atoms with Crippen molar-refractivity contribution in [3.8, 4) is 0 Å². The molecular weight excluding hydrogens is 291 g/mol. The number of hydrogen-bond acceptors (Lipinski definition) is 2. The molecule has 0 spiro atoms. The fourth-order valence-corrected chi connectivity index (χ4v) is 2.50. The predicted octanol–water partition coefficient (Wildman–Crippen LogP) is 3.63. The summed E-state index contributed by atoms with van der Waals surface area (Å²) in [5, 5.41) is 0. The average molecular weight is 305 g/mol. The summed E-state index contributed by atoms with van der Waals surface area (Å²) in [6, 6.07) is 8.40. The van der Waals surface area contributed by atoms with Gasteiger partial charge in [-0.3, -0.25) is 0 Å². The van der Waals surface area contributed by atoms with Crippen LogP contribution in [0.3, 0.4) is 0 Å². The van der Waals surface area contributed by atoms with Crippen molar-refractivity contribution in [3.05, 3.63) is 59.4 Å². The standard InChI is InChI=1S/C16H14F3N3/c1-21(9-10-11(17)5-3-6-12(10)18)16-20-15-13(19)7-4-8-14(15)22(16)2/h3-8H,9H2,1-2H3. The molecule has 3 nitrogen and oxygen atoms in total. The number of aryl methyl sites for hydroxylation is 1. The second kappa shape index (κ2) is 5.36. The molecule has 1 heterocycles. The maximum atomic E-state index is 13.8. The molecule has 0 unspecified atom stereocenters. The van der Waals surface area contributed by atoms with Crippen molar-refractivity contribution >= 4 is 17.0 Å². The fourth-order valence-electron chi connectivity index (χ4n) is 2.50. The summed E-state index contributed by atoms with van der Waals surface area (Å²) in [5.74, 6) is -1.22. The van der Waals surface area contributed by atoms with Crippen molar-refractivity contribution in [2.45, 2.75) is 6.54 Å². The fraction of sp³-hybridized carbons (Fsp3) is 0.188. The normalized spacial score (nSPS) is 11.1. The van der Waals surface area contributed by atoms with Gasteiger partial charge in [0.05, 0.1) is 12.1 Å². The minimum Gasteiger partial charge on any atom is -0.341 e. The van der Waals surface area contributed by atoms with Gasteiger partial charge in [0.2, 0.25) is 5.95 Å². The molecule has 0 amide bonds. The Labute approximate surface area is 125 Å². The van der Waals surface area contributed by atoms with Crippen LogP contribution in [-0.4, -0.2) is 16.6 Å². The summed E-state index contributed by atoms with van der Waals surface area (Å²) in [4.78, 5) is 5.82. The molecule has 0 saturated carbocycles. The Hall–Kier alpha value is -2.50. The van der Waals surface area contributed by atoms with E-state index >= 15 is 0 Å². The smallest absolute Gasteiger partial charge is 0.206 e. The Morgan fingerprint density at radius 3 is 2.23 bits per heavy atom. The first-order valence-electron chi connectivity index (χ1n) is 6.74. The number of anilines is 1. The highest BCUT2D eigenvalue weighted by Gasteiger charge is 2.17. The van der Waals surface area contributed by atoms with E-state index in [9.17, 15) is 13.2 Å². The van der Waals surface area contributed by atoms with Crippen molar-refractivity contribution in [2.75, 3.05) is 11.9 Å². The molecule has 0 radical (unpaired) electrons. The molecule has 0 atom stereocenters. The molecule has 0 fully saturated rings. The maximum absolute atomic E-state index is 13.8. The van der Waals surface area contributed by atoms with E-state index in [-0.39, 0.29) is 17.6 Å². The van der Waals surface area contributed by atoms with Crippen LogP contribution in [0.25, 0.3) is 11.0 Å². The molecule has 0 aliphatic carbocycles. The van der Waals surface area contributed by atoms with Crippen LogP contribution in [0.15, 0.2) is 36.4 Å². The molecule has 0 aliphatic rings. The van der Waals surface area contributed by atoms with Crippen LogP contribution in [0.5, 0.6) is 0 Å². The Bertz CT molecular complexity index is 822. The molecule has 0 aliphatic heterocycles. The monoisotopic (exact) mass is 305 g/mol. The summed E-state index contributed by atoms with van der Waals surface area (Å²) in [7, 11) is 3.39. The summed E-state index contributed by atoms with van der Waals surface area (Å²) >= 11 is 0. The zero-order valence-electron chi connectivity index (χ0n) is 12.1. The molecule has 6 heteroatoms. The van der Waals surface area contributed by atoms with Crippen LogP contribution in [0.4, 0.5) is 19.1 Å². The largest absolute Gasteiger partial charge is 0.341 e. The SMILES string of the molecule is CN(Cc1c(F)cccc1F)c1nc2c(F)cccc2n1C. The lowest BCUT2D eigenvalue weighted by molar-refractivity contribution is 0.552. The van der Waals surface area contributed by atoms with Crippen LogP contribution in [0, 0.1) is 17.5 Å². The van der Waals surface area contributed by atoms with E-state index in [1.54, 1.807) is 35.7 Å². The Morgan fingerprint density at radius 1 is 1.00 bits per heavy atom. The molecule has 3 rings (SSSR count). The van der Waals surface area contributed by atoms with Gasteiger partial charge in [-0.15, -0.1) is 0 Å². The number of halogens is 3. The number of nitrogens with zero attached hydrogens (tertiary/aromatic N) is 3. The van der Waals surface area contributed by atoms with Gasteiger partial charge in [-0.05, 0) is 24.3 Å². The number of para-hydroxylation sites is 1. The number of fused-ring (bicyclic) bond motifs is 1. The Balaban J connectivity index is 2.01. The van der Waals surface area contributed by atoms with Crippen molar-refractivity contribution in [3.63, 3.8) is 0 Å². The molecule has 22 heavy (non-hydrogen) atoms. The molecule has 0 bridgehead atoms. The van der Waals surface area contributed by atoms with Gasteiger partial charge in [-0.1, -0.05) is 12.1 Å². The van der Waals surface area contributed by atoms with Gasteiger partial charge in [0.1, 0.15) is 17.2 Å². The minimum absolute atomic E-state index is 0.00269. The maximum Gasteiger partial charge on any atom is 0.206 e. The van der Waals surface area contributed by atoms with Crippen molar-refractivity contribution < 1.29 is 13.2 Å². The zero-order valence-corrected chi connectivity index (χ0v) is 12.1. The Kier molecular flexibility index (Phi) is 3.52. The number of rotatable bonds is 3. The molecule has 1 aromatic heterocycles. The lowest BCUT2D eigenvalue weighted by Crippen LogP contribution is -2.21. The number of hydrogen-bond donors (Lipinski definition) is 0. The van der Waals surface area contributed by atoms with Gasteiger partial charge in [-0.2, -0.15) is 0 Å². The quantitative estimate of drug-likeness (QED) is 0.737. The molecular formula is C16H14F3N3. The molecule has 3 aromatic rings. The van der Waals surface area contributed by atoms with E-state index in [2.05, 4.69) is 4.98 Å². The Morgan fingerprint density at radius 2 is 1.59 bits per heavy atom. The van der Waals surface area contributed by atoms with Gasteiger partial charge in [0.15, 0.2) is 5.82 Å². The summed E-state index contributed by atoms with van der Waals surface area (Å²) in [6.07, 6.45) is 0. The first-order valence-corrected chi connectivity index (χ1v) is 6.74. The highest BCUT2D eigenvalue weighted by molar-refractivity contribution is 5.79. The van der Waals surface area contributed by atoms with Gasteiger partial charge in [0, 0.05) is 19.7 Å². The second-order valence-electron chi connectivity index (χ2n) is 5.13. The van der Waals surface area contributed by atoms with Crippen molar-refractivity contribution in [2.24, 2.45) is 7.05 Å². The third kappa shape index (κ3) is 2.30. The molecule has 0 saturated heterocycles. The lowest BCUT2D eigenvalue weighted by atomic mass is 10.2.